The van der Waals surface area contributed by atoms with Gasteiger partial charge in [0.15, 0.2) is 0 Å². The second kappa shape index (κ2) is 2.50. The van der Waals surface area contributed by atoms with Gasteiger partial charge in [0.25, 0.3) is 0 Å². The number of nitriles is 1. The van der Waals surface area contributed by atoms with Crippen LogP contribution in [0.2, 0.25) is 0 Å². The zero-order chi connectivity index (χ0) is 5.98. The lowest BCUT2D eigenvalue weighted by atomic mass is 10.1. The van der Waals surface area contributed by atoms with Crippen molar-refractivity contribution in [1.82, 2.24) is 0 Å². The van der Waals surface area contributed by atoms with Crippen molar-refractivity contribution in [3.8, 4) is 6.07 Å². The first-order valence-corrected chi connectivity index (χ1v) is 3.78. The van der Waals surface area contributed by atoms with Crippen molar-refractivity contribution in [3.05, 3.63) is 0 Å². The highest BCUT2D eigenvalue weighted by Gasteiger charge is 2.21. The predicted octanol–water partition coefficient (Wildman–Crippen LogP) is 2.07. The third-order valence-electron chi connectivity index (χ3n) is 1.55. The average Bonchev–Trinajstić information content (AvgIpc) is 2.14. The van der Waals surface area contributed by atoms with Crippen LogP contribution in [-0.2, 0) is 0 Å². The minimum absolute atomic E-state index is 0.333. The summed E-state index contributed by atoms with van der Waals surface area (Å²) >= 11 is 3.47. The van der Waals surface area contributed by atoms with Crippen LogP contribution in [0.1, 0.15) is 19.3 Å². The third kappa shape index (κ3) is 1.23. The van der Waals surface area contributed by atoms with Crippen LogP contribution in [0.5, 0.6) is 0 Å². The van der Waals surface area contributed by atoms with E-state index in [2.05, 4.69) is 22.0 Å². The molecule has 0 saturated heterocycles. The van der Waals surface area contributed by atoms with E-state index in [4.69, 9.17) is 5.26 Å². The number of rotatable bonds is 0. The standard InChI is InChI=1S/C6H8BrN/c7-6-2-1-5(3-6)4-8/h5-6H,1-3H2/t5-,6-/m0/s1. The fourth-order valence-electron chi connectivity index (χ4n) is 1.04. The van der Waals surface area contributed by atoms with Crippen LogP contribution in [0.15, 0.2) is 0 Å². The van der Waals surface area contributed by atoms with Crippen molar-refractivity contribution in [3.63, 3.8) is 0 Å². The molecule has 1 aliphatic carbocycles. The zero-order valence-corrected chi connectivity index (χ0v) is 6.19. The van der Waals surface area contributed by atoms with Gasteiger partial charge in [-0.2, -0.15) is 5.26 Å². The molecular formula is C6H8BrN. The molecule has 2 atom stereocenters. The lowest BCUT2D eigenvalue weighted by Gasteiger charge is -1.92. The SMILES string of the molecule is N#C[C@H]1CC[C@H](Br)C1. The molecule has 0 heterocycles. The number of hydrogen-bond acceptors (Lipinski definition) is 1. The van der Waals surface area contributed by atoms with E-state index < -0.39 is 0 Å². The third-order valence-corrected chi connectivity index (χ3v) is 2.38. The molecule has 0 bridgehead atoms. The van der Waals surface area contributed by atoms with Crippen molar-refractivity contribution >= 4 is 15.9 Å². The van der Waals surface area contributed by atoms with E-state index in [1.807, 2.05) is 0 Å². The summed E-state index contributed by atoms with van der Waals surface area (Å²) in [5.74, 6) is 0.333. The summed E-state index contributed by atoms with van der Waals surface area (Å²) in [7, 11) is 0. The van der Waals surface area contributed by atoms with E-state index in [1.54, 1.807) is 0 Å². The van der Waals surface area contributed by atoms with Crippen LogP contribution < -0.4 is 0 Å². The second-order valence-electron chi connectivity index (χ2n) is 2.24. The Hall–Kier alpha value is -0.0300. The Balaban J connectivity index is 2.35. The van der Waals surface area contributed by atoms with Crippen molar-refractivity contribution in [2.24, 2.45) is 5.92 Å². The maximum Gasteiger partial charge on any atom is 0.0656 e. The molecule has 0 unspecified atom stereocenters. The summed E-state index contributed by atoms with van der Waals surface area (Å²) in [6, 6.07) is 2.26. The molecule has 0 N–H and O–H groups in total. The Bertz CT molecular complexity index is 116. The van der Waals surface area contributed by atoms with Gasteiger partial charge in [-0.25, -0.2) is 0 Å². The summed E-state index contributed by atoms with van der Waals surface area (Å²) < 4.78 is 0. The van der Waals surface area contributed by atoms with Gasteiger partial charge in [0.05, 0.1) is 6.07 Å². The van der Waals surface area contributed by atoms with Gasteiger partial charge in [-0.05, 0) is 19.3 Å². The smallest absolute Gasteiger partial charge is 0.0656 e. The molecule has 1 nitrogen and oxygen atoms in total. The highest BCUT2D eigenvalue weighted by molar-refractivity contribution is 9.09. The van der Waals surface area contributed by atoms with Gasteiger partial charge < -0.3 is 0 Å². The summed E-state index contributed by atoms with van der Waals surface area (Å²) in [4.78, 5) is 0.618. The maximum absolute atomic E-state index is 8.41. The van der Waals surface area contributed by atoms with Gasteiger partial charge in [-0.1, -0.05) is 15.9 Å². The van der Waals surface area contributed by atoms with Crippen LogP contribution in [-0.4, -0.2) is 4.83 Å². The molecule has 0 amide bonds. The van der Waals surface area contributed by atoms with E-state index in [-0.39, 0.29) is 0 Å². The largest absolute Gasteiger partial charge is 0.198 e. The van der Waals surface area contributed by atoms with Crippen LogP contribution in [0.4, 0.5) is 0 Å². The minimum atomic E-state index is 0.333. The maximum atomic E-state index is 8.41. The lowest BCUT2D eigenvalue weighted by Crippen LogP contribution is -1.89. The monoisotopic (exact) mass is 173 g/mol. The highest BCUT2D eigenvalue weighted by atomic mass is 79.9. The molecule has 0 aromatic carbocycles. The van der Waals surface area contributed by atoms with E-state index in [0.717, 1.165) is 12.8 Å². The fraction of sp³-hybridized carbons (Fsp3) is 0.833. The number of hydrogen-bond donors (Lipinski definition) is 0. The van der Waals surface area contributed by atoms with Crippen molar-refractivity contribution < 1.29 is 0 Å². The van der Waals surface area contributed by atoms with Crippen molar-refractivity contribution in [1.29, 1.82) is 5.26 Å². The van der Waals surface area contributed by atoms with E-state index in [0.29, 0.717) is 10.7 Å². The van der Waals surface area contributed by atoms with Gasteiger partial charge in [-0.3, -0.25) is 0 Å². The topological polar surface area (TPSA) is 23.8 Å². The average molecular weight is 174 g/mol. The molecule has 8 heavy (non-hydrogen) atoms. The molecule has 0 aromatic heterocycles. The first-order valence-electron chi connectivity index (χ1n) is 2.86. The Labute approximate surface area is 57.8 Å². The molecule has 1 saturated carbocycles. The Kier molecular flexibility index (Phi) is 1.90. The summed E-state index contributed by atoms with van der Waals surface area (Å²) in [6.07, 6.45) is 3.32. The van der Waals surface area contributed by atoms with E-state index >= 15 is 0 Å². The summed E-state index contributed by atoms with van der Waals surface area (Å²) in [5, 5.41) is 8.41. The molecule has 1 fully saturated rings. The molecule has 1 rings (SSSR count). The minimum Gasteiger partial charge on any atom is -0.198 e. The first kappa shape index (κ1) is 6.10. The molecule has 44 valence electrons. The molecule has 1 aliphatic rings. The van der Waals surface area contributed by atoms with Gasteiger partial charge in [0, 0.05) is 10.7 Å². The van der Waals surface area contributed by atoms with Gasteiger partial charge in [0.1, 0.15) is 0 Å². The fourth-order valence-corrected chi connectivity index (χ4v) is 1.76. The van der Waals surface area contributed by atoms with E-state index in [1.165, 1.54) is 6.42 Å². The number of alkyl halides is 1. The zero-order valence-electron chi connectivity index (χ0n) is 4.60. The molecule has 0 spiro atoms. The molecular weight excluding hydrogens is 166 g/mol. The Morgan fingerprint density at radius 3 is 2.50 bits per heavy atom. The second-order valence-corrected chi connectivity index (χ2v) is 3.53. The highest BCUT2D eigenvalue weighted by Crippen LogP contribution is 2.29. The quantitative estimate of drug-likeness (QED) is 0.515. The molecule has 0 aliphatic heterocycles. The van der Waals surface area contributed by atoms with Crippen LogP contribution in [0.3, 0.4) is 0 Å². The van der Waals surface area contributed by atoms with E-state index in [9.17, 15) is 0 Å². The number of halogens is 1. The normalized spacial score (nSPS) is 37.0. The van der Waals surface area contributed by atoms with Crippen molar-refractivity contribution in [2.75, 3.05) is 0 Å². The first-order chi connectivity index (χ1) is 3.83. The van der Waals surface area contributed by atoms with Crippen LogP contribution >= 0.6 is 15.9 Å². The predicted molar refractivity (Wildman–Crippen MR) is 35.7 cm³/mol. The van der Waals surface area contributed by atoms with Crippen LogP contribution in [0, 0.1) is 17.2 Å². The summed E-state index contributed by atoms with van der Waals surface area (Å²) in [5.41, 5.74) is 0. The Morgan fingerprint density at radius 1 is 1.50 bits per heavy atom. The lowest BCUT2D eigenvalue weighted by molar-refractivity contribution is 0.704. The van der Waals surface area contributed by atoms with Gasteiger partial charge in [0.2, 0.25) is 0 Å². The molecule has 0 radical (unpaired) electrons. The molecule has 0 aromatic rings. The van der Waals surface area contributed by atoms with Gasteiger partial charge in [-0.15, -0.1) is 0 Å². The van der Waals surface area contributed by atoms with Crippen molar-refractivity contribution in [2.45, 2.75) is 24.1 Å². The summed E-state index contributed by atoms with van der Waals surface area (Å²) in [6.45, 7) is 0. The Morgan fingerprint density at radius 2 is 2.25 bits per heavy atom. The van der Waals surface area contributed by atoms with Gasteiger partial charge >= 0.3 is 0 Å². The molecule has 2 heteroatoms. The van der Waals surface area contributed by atoms with Crippen LogP contribution in [0.25, 0.3) is 0 Å². The number of nitrogens with zero attached hydrogens (tertiary/aromatic N) is 1.